The third kappa shape index (κ3) is 2.96. The van der Waals surface area contributed by atoms with Crippen LogP contribution in [0.4, 0.5) is 0 Å². The van der Waals surface area contributed by atoms with Crippen LogP contribution in [0.1, 0.15) is 21.5 Å². The highest BCUT2D eigenvalue weighted by molar-refractivity contribution is 9.11. The van der Waals surface area contributed by atoms with Gasteiger partial charge in [-0.25, -0.2) is 0 Å². The molecule has 0 N–H and O–H groups in total. The van der Waals surface area contributed by atoms with Gasteiger partial charge in [-0.2, -0.15) is 11.3 Å². The van der Waals surface area contributed by atoms with Crippen molar-refractivity contribution in [1.29, 1.82) is 0 Å². The molecule has 0 nitrogen and oxygen atoms in total. The highest BCUT2D eigenvalue weighted by atomic mass is 79.9. The maximum Gasteiger partial charge on any atom is 0.0447 e. The third-order valence-corrected chi connectivity index (χ3v) is 4.76. The van der Waals surface area contributed by atoms with Crippen molar-refractivity contribution in [2.75, 3.05) is 0 Å². The van der Waals surface area contributed by atoms with Gasteiger partial charge in [0.05, 0.1) is 0 Å². The van der Waals surface area contributed by atoms with Crippen LogP contribution in [-0.4, -0.2) is 0 Å². The van der Waals surface area contributed by atoms with Crippen molar-refractivity contribution < 1.29 is 0 Å². The van der Waals surface area contributed by atoms with Gasteiger partial charge in [-0.3, -0.25) is 0 Å². The zero-order chi connectivity index (χ0) is 11.5. The summed E-state index contributed by atoms with van der Waals surface area (Å²) in [4.78, 5) is 0.372. The number of hydrogen-bond donors (Lipinski definition) is 0. The molecule has 1 heterocycles. The van der Waals surface area contributed by atoms with Gasteiger partial charge in [-0.15, -0.1) is 0 Å². The zero-order valence-electron chi connectivity index (χ0n) is 8.91. The summed E-state index contributed by atoms with van der Waals surface area (Å²) in [5.74, 6) is 0. The lowest BCUT2D eigenvalue weighted by Crippen LogP contribution is -1.96. The Morgan fingerprint density at radius 3 is 2.81 bits per heavy atom. The monoisotopic (exact) mass is 358 g/mol. The molecule has 3 heteroatoms. The Morgan fingerprint density at radius 1 is 1.31 bits per heavy atom. The van der Waals surface area contributed by atoms with Gasteiger partial charge in [-0.1, -0.05) is 49.6 Å². The minimum absolute atomic E-state index is 0.372. The molecule has 0 saturated carbocycles. The Labute approximate surface area is 117 Å². The Bertz CT molecular complexity index is 463. The van der Waals surface area contributed by atoms with Crippen molar-refractivity contribution in [3.63, 3.8) is 0 Å². The standard InChI is InChI=1S/C13H12Br2S/c1-9-2-3-12(14)11(6-9)13(15)7-10-4-5-16-8-10/h2-6,8,13H,7H2,1H3. The van der Waals surface area contributed by atoms with Crippen molar-refractivity contribution in [2.45, 2.75) is 18.2 Å². The Hall–Kier alpha value is -0.120. The lowest BCUT2D eigenvalue weighted by atomic mass is 10.0. The lowest BCUT2D eigenvalue weighted by molar-refractivity contribution is 0.946. The first-order valence-electron chi connectivity index (χ1n) is 5.08. The van der Waals surface area contributed by atoms with E-state index in [4.69, 9.17) is 0 Å². The quantitative estimate of drug-likeness (QED) is 0.635. The molecule has 0 spiro atoms. The number of thiophene rings is 1. The molecule has 0 amide bonds. The predicted molar refractivity (Wildman–Crippen MR) is 78.6 cm³/mol. The number of alkyl halides is 1. The number of benzene rings is 1. The second-order valence-corrected chi connectivity index (χ2v) is 6.57. The van der Waals surface area contributed by atoms with E-state index in [1.54, 1.807) is 11.3 Å². The van der Waals surface area contributed by atoms with Crippen LogP contribution < -0.4 is 0 Å². The van der Waals surface area contributed by atoms with E-state index in [-0.39, 0.29) is 0 Å². The fourth-order valence-electron chi connectivity index (χ4n) is 1.63. The van der Waals surface area contributed by atoms with Crippen LogP contribution in [0.2, 0.25) is 0 Å². The molecule has 0 aliphatic heterocycles. The molecule has 0 saturated heterocycles. The van der Waals surface area contributed by atoms with Gasteiger partial charge in [0.1, 0.15) is 0 Å². The van der Waals surface area contributed by atoms with Crippen molar-refractivity contribution in [3.05, 3.63) is 56.2 Å². The molecule has 2 aromatic rings. The molecule has 1 unspecified atom stereocenters. The molecule has 0 aliphatic carbocycles. The zero-order valence-corrected chi connectivity index (χ0v) is 12.9. The van der Waals surface area contributed by atoms with Crippen LogP contribution in [0.15, 0.2) is 39.5 Å². The molecule has 1 aromatic heterocycles. The average molecular weight is 360 g/mol. The van der Waals surface area contributed by atoms with Crippen molar-refractivity contribution in [1.82, 2.24) is 0 Å². The first-order chi connectivity index (χ1) is 7.66. The Kier molecular flexibility index (Phi) is 4.22. The lowest BCUT2D eigenvalue weighted by Gasteiger charge is -2.12. The summed E-state index contributed by atoms with van der Waals surface area (Å²) >= 11 is 9.13. The minimum Gasteiger partial charge on any atom is -0.152 e. The molecule has 1 aromatic carbocycles. The van der Waals surface area contributed by atoms with E-state index in [0.717, 1.165) is 6.42 Å². The summed E-state index contributed by atoms with van der Waals surface area (Å²) in [5, 5.41) is 4.33. The summed E-state index contributed by atoms with van der Waals surface area (Å²) in [7, 11) is 0. The van der Waals surface area contributed by atoms with E-state index in [2.05, 4.69) is 73.8 Å². The van der Waals surface area contributed by atoms with Gasteiger partial charge in [0.25, 0.3) is 0 Å². The molecule has 84 valence electrons. The first-order valence-corrected chi connectivity index (χ1v) is 7.73. The summed E-state index contributed by atoms with van der Waals surface area (Å²) in [6.07, 6.45) is 1.03. The summed E-state index contributed by atoms with van der Waals surface area (Å²) in [5.41, 5.74) is 4.01. The van der Waals surface area contributed by atoms with Gasteiger partial charge in [0.2, 0.25) is 0 Å². The van der Waals surface area contributed by atoms with Crippen LogP contribution >= 0.6 is 43.2 Å². The maximum atomic E-state index is 3.77. The van der Waals surface area contributed by atoms with Crippen LogP contribution in [0.3, 0.4) is 0 Å². The Morgan fingerprint density at radius 2 is 2.12 bits per heavy atom. The van der Waals surface area contributed by atoms with E-state index in [1.165, 1.54) is 21.2 Å². The second-order valence-electron chi connectivity index (χ2n) is 3.83. The van der Waals surface area contributed by atoms with E-state index in [1.807, 2.05) is 0 Å². The van der Waals surface area contributed by atoms with Gasteiger partial charge < -0.3 is 0 Å². The molecule has 1 atom stereocenters. The molecular formula is C13H12Br2S. The average Bonchev–Trinajstić information content (AvgIpc) is 2.74. The summed E-state index contributed by atoms with van der Waals surface area (Å²) in [6.45, 7) is 2.13. The smallest absolute Gasteiger partial charge is 0.0447 e. The topological polar surface area (TPSA) is 0 Å². The van der Waals surface area contributed by atoms with E-state index in [0.29, 0.717) is 4.83 Å². The largest absolute Gasteiger partial charge is 0.152 e. The van der Waals surface area contributed by atoms with Crippen LogP contribution in [0.5, 0.6) is 0 Å². The highest BCUT2D eigenvalue weighted by Crippen LogP contribution is 2.33. The second kappa shape index (κ2) is 5.48. The van der Waals surface area contributed by atoms with Gasteiger partial charge in [-0.05, 0) is 47.4 Å². The summed E-state index contributed by atoms with van der Waals surface area (Å²) in [6, 6.07) is 8.66. The molecular weight excluding hydrogens is 348 g/mol. The third-order valence-electron chi connectivity index (χ3n) is 2.48. The summed E-state index contributed by atoms with van der Waals surface area (Å²) < 4.78 is 1.18. The van der Waals surface area contributed by atoms with E-state index >= 15 is 0 Å². The fourth-order valence-corrected chi connectivity index (χ4v) is 3.89. The van der Waals surface area contributed by atoms with E-state index in [9.17, 15) is 0 Å². The van der Waals surface area contributed by atoms with Gasteiger partial charge in [0.15, 0.2) is 0 Å². The first kappa shape index (κ1) is 12.3. The van der Waals surface area contributed by atoms with Gasteiger partial charge in [0, 0.05) is 9.30 Å². The molecule has 16 heavy (non-hydrogen) atoms. The number of rotatable bonds is 3. The highest BCUT2D eigenvalue weighted by Gasteiger charge is 2.12. The van der Waals surface area contributed by atoms with Crippen LogP contribution in [-0.2, 0) is 6.42 Å². The molecule has 0 radical (unpaired) electrons. The van der Waals surface area contributed by atoms with E-state index < -0.39 is 0 Å². The van der Waals surface area contributed by atoms with Crippen molar-refractivity contribution >= 4 is 43.2 Å². The molecule has 0 bridgehead atoms. The molecule has 2 rings (SSSR count). The number of hydrogen-bond acceptors (Lipinski definition) is 1. The predicted octanol–water partition coefficient (Wildman–Crippen LogP) is 5.50. The Balaban J connectivity index is 2.20. The van der Waals surface area contributed by atoms with Gasteiger partial charge >= 0.3 is 0 Å². The van der Waals surface area contributed by atoms with Crippen molar-refractivity contribution in [2.24, 2.45) is 0 Å². The van der Waals surface area contributed by atoms with Crippen molar-refractivity contribution in [3.8, 4) is 0 Å². The molecule has 0 aliphatic rings. The normalized spacial score (nSPS) is 12.7. The maximum absolute atomic E-state index is 3.77. The number of aryl methyl sites for hydroxylation is 1. The van der Waals surface area contributed by atoms with Crippen LogP contribution in [0, 0.1) is 6.92 Å². The molecule has 0 fully saturated rings. The minimum atomic E-state index is 0.372. The fraction of sp³-hybridized carbons (Fsp3) is 0.231. The van der Waals surface area contributed by atoms with Crippen LogP contribution in [0.25, 0.3) is 0 Å². The number of halogens is 2. The SMILES string of the molecule is Cc1ccc(Br)c(C(Br)Cc2ccsc2)c1.